The minimum Gasteiger partial charge on any atom is -0.418 e. The van der Waals surface area contributed by atoms with E-state index in [1.807, 2.05) is 0 Å². The average Bonchev–Trinajstić information content (AvgIpc) is 0.722. The summed E-state index contributed by atoms with van der Waals surface area (Å²) in [7, 11) is -6.00. The Morgan fingerprint density at radius 1 is 0.500 bits per heavy atom. The molecule has 12 heteroatoms. The van der Waals surface area contributed by atoms with Crippen LogP contribution in [0.15, 0.2) is 0 Å². The Morgan fingerprint density at radius 2 is 0.500 bits per heavy atom. The van der Waals surface area contributed by atoms with E-state index < -0.39 is 7.25 Å². The molecule has 0 fully saturated rings. The van der Waals surface area contributed by atoms with Crippen molar-refractivity contribution >= 4 is 7.25 Å². The Balaban J connectivity index is -0.00000000381. The van der Waals surface area contributed by atoms with Crippen LogP contribution in [0.3, 0.4) is 0 Å². The minimum absolute atomic E-state index is 0. The first-order valence-corrected chi connectivity index (χ1v) is 0.873. The maximum atomic E-state index is 9.75. The molecule has 82 valence electrons. The third-order valence-corrected chi connectivity index (χ3v) is 0. The first-order chi connectivity index (χ1) is 2.00. The number of hydrogen-bond acceptors (Lipinski definition) is 0. The van der Waals surface area contributed by atoms with Gasteiger partial charge in [-0.15, -0.1) is 0 Å². The molecule has 0 aliphatic carbocycles. The van der Waals surface area contributed by atoms with Crippen molar-refractivity contribution in [3.63, 3.8) is 0 Å². The van der Waals surface area contributed by atoms with Crippen molar-refractivity contribution in [1.82, 2.24) is 0 Å². The standard InChI is InChI=1S/BF4.6H2O.Zn/c2-1(3,4)5;;;;;;;/h;6*1H2;/q-1;;;;;;;. The maximum Gasteiger partial charge on any atom is 0.673 e. The van der Waals surface area contributed by atoms with Crippen molar-refractivity contribution in [2.24, 2.45) is 0 Å². The fourth-order valence-electron chi connectivity index (χ4n) is 0. The van der Waals surface area contributed by atoms with Gasteiger partial charge in [0.15, 0.2) is 0 Å². The van der Waals surface area contributed by atoms with Gasteiger partial charge < -0.3 is 50.1 Å². The number of rotatable bonds is 0. The summed E-state index contributed by atoms with van der Waals surface area (Å²) >= 11 is 0. The summed E-state index contributed by atoms with van der Waals surface area (Å²) < 4.78 is 39.0. The third-order valence-electron chi connectivity index (χ3n) is 0. The van der Waals surface area contributed by atoms with Crippen molar-refractivity contribution in [2.45, 2.75) is 0 Å². The van der Waals surface area contributed by atoms with Gasteiger partial charge in [-0.3, -0.25) is 0 Å². The van der Waals surface area contributed by atoms with Crippen molar-refractivity contribution in [3.8, 4) is 0 Å². The Kier molecular flexibility index (Phi) is 221. The van der Waals surface area contributed by atoms with Crippen LogP contribution in [-0.2, 0) is 19.5 Å². The molecule has 0 atom stereocenters. The fourth-order valence-corrected chi connectivity index (χ4v) is 0. The summed E-state index contributed by atoms with van der Waals surface area (Å²) in [4.78, 5) is 0. The van der Waals surface area contributed by atoms with Gasteiger partial charge in [-0.05, 0) is 0 Å². The van der Waals surface area contributed by atoms with Crippen molar-refractivity contribution in [3.05, 3.63) is 0 Å². The Hall–Kier alpha value is 0.168. The van der Waals surface area contributed by atoms with Crippen LogP contribution in [0.5, 0.6) is 0 Å². The first-order valence-electron chi connectivity index (χ1n) is 0.873. The molecule has 6 nitrogen and oxygen atoms in total. The van der Waals surface area contributed by atoms with Crippen LogP contribution in [0.25, 0.3) is 0 Å². The van der Waals surface area contributed by atoms with Crippen LogP contribution in [0.2, 0.25) is 0 Å². The van der Waals surface area contributed by atoms with Gasteiger partial charge in [-0.25, -0.2) is 0 Å². The third kappa shape index (κ3) is 30200. The molecule has 0 bridgehead atoms. The predicted octanol–water partition coefficient (Wildman–Crippen LogP) is -3.65. The molecule has 0 amide bonds. The van der Waals surface area contributed by atoms with E-state index in [-0.39, 0.29) is 52.3 Å². The Labute approximate surface area is 77.7 Å². The van der Waals surface area contributed by atoms with Gasteiger partial charge in [-0.2, -0.15) is 0 Å². The van der Waals surface area contributed by atoms with E-state index in [1.165, 1.54) is 0 Å². The average molecular weight is 260 g/mol. The van der Waals surface area contributed by atoms with Crippen molar-refractivity contribution < 1.29 is 69.6 Å². The molecule has 0 saturated heterocycles. The molecule has 0 rings (SSSR count). The van der Waals surface area contributed by atoms with Gasteiger partial charge in [0, 0.05) is 19.5 Å². The maximum absolute atomic E-state index is 9.75. The first kappa shape index (κ1) is 87.4. The quantitative estimate of drug-likeness (QED) is 0.307. The minimum atomic E-state index is -6.00. The van der Waals surface area contributed by atoms with Crippen LogP contribution in [0, 0.1) is 0 Å². The van der Waals surface area contributed by atoms with E-state index in [4.69, 9.17) is 0 Å². The fraction of sp³-hybridized carbons (Fsp3) is 0. The second kappa shape index (κ2) is 30.3. The summed E-state index contributed by atoms with van der Waals surface area (Å²) in [5.41, 5.74) is 0. The summed E-state index contributed by atoms with van der Waals surface area (Å²) in [5, 5.41) is 0. The molecule has 0 saturated carbocycles. The van der Waals surface area contributed by atoms with E-state index >= 15 is 0 Å². The molecule has 0 unspecified atom stereocenters. The Bertz CT molecular complexity index is 35.0. The van der Waals surface area contributed by atoms with Gasteiger partial charge in [0.2, 0.25) is 0 Å². The molecule has 12 N–H and O–H groups in total. The normalized spacial score (nSPS) is 5.00. The molecular weight excluding hydrogens is 248 g/mol. The molecule has 12 heavy (non-hydrogen) atoms. The van der Waals surface area contributed by atoms with Gasteiger partial charge >= 0.3 is 7.25 Å². The molecule has 0 heterocycles. The molecule has 0 aliphatic rings. The van der Waals surface area contributed by atoms with Gasteiger partial charge in [0.25, 0.3) is 0 Å². The smallest absolute Gasteiger partial charge is 0.418 e. The Morgan fingerprint density at radius 3 is 0.500 bits per heavy atom. The topological polar surface area (TPSA) is 189 Å². The molecule has 0 spiro atoms. The second-order valence-electron chi connectivity index (χ2n) is 0.495. The van der Waals surface area contributed by atoms with Crippen LogP contribution in [0.4, 0.5) is 17.3 Å². The van der Waals surface area contributed by atoms with E-state index in [0.717, 1.165) is 0 Å². The van der Waals surface area contributed by atoms with Crippen LogP contribution in [-0.4, -0.2) is 40.1 Å². The van der Waals surface area contributed by atoms with Crippen molar-refractivity contribution in [1.29, 1.82) is 0 Å². The van der Waals surface area contributed by atoms with E-state index in [2.05, 4.69) is 0 Å². The molecule has 0 radical (unpaired) electrons. The molecule has 0 aromatic heterocycles. The largest absolute Gasteiger partial charge is 0.673 e. The molecule has 0 aromatic carbocycles. The van der Waals surface area contributed by atoms with Crippen LogP contribution in [0.1, 0.15) is 0 Å². The molecule has 0 aliphatic heterocycles. The molecule has 0 aromatic rings. The molecular formula is H12BF4O6Zn-. The van der Waals surface area contributed by atoms with Gasteiger partial charge in [0.05, 0.1) is 0 Å². The zero-order valence-corrected chi connectivity index (χ0v) is 8.76. The second-order valence-corrected chi connectivity index (χ2v) is 0.495. The van der Waals surface area contributed by atoms with Crippen molar-refractivity contribution in [2.75, 3.05) is 0 Å². The zero-order chi connectivity index (χ0) is 4.50. The van der Waals surface area contributed by atoms with Gasteiger partial charge in [0.1, 0.15) is 0 Å². The van der Waals surface area contributed by atoms with E-state index in [0.29, 0.717) is 0 Å². The van der Waals surface area contributed by atoms with E-state index in [1.54, 1.807) is 0 Å². The number of halogens is 4. The van der Waals surface area contributed by atoms with Crippen LogP contribution < -0.4 is 0 Å². The summed E-state index contributed by atoms with van der Waals surface area (Å²) in [6.45, 7) is 0. The zero-order valence-electron chi connectivity index (χ0n) is 5.80. The summed E-state index contributed by atoms with van der Waals surface area (Å²) in [5.74, 6) is 0. The van der Waals surface area contributed by atoms with E-state index in [9.17, 15) is 17.3 Å². The monoisotopic (exact) mass is 259 g/mol. The summed E-state index contributed by atoms with van der Waals surface area (Å²) in [6, 6.07) is 0. The van der Waals surface area contributed by atoms with Gasteiger partial charge in [-0.1, -0.05) is 0 Å². The number of hydrogen-bond donors (Lipinski definition) is 0. The van der Waals surface area contributed by atoms with Crippen LogP contribution >= 0.6 is 0 Å². The predicted molar refractivity (Wildman–Crippen MR) is 31.9 cm³/mol. The SMILES string of the molecule is F[B-](F)(F)F.O.O.O.O.O.O.[Zn]. The summed E-state index contributed by atoms with van der Waals surface area (Å²) in [6.07, 6.45) is 0.